The number of nitrogens with one attached hydrogen (secondary N) is 1. The summed E-state index contributed by atoms with van der Waals surface area (Å²) in [5.74, 6) is -1.05. The predicted octanol–water partition coefficient (Wildman–Crippen LogP) is 2.85. The number of hydrogen-bond donors (Lipinski definition) is 1. The lowest BCUT2D eigenvalue weighted by Crippen LogP contribution is -2.27. The highest BCUT2D eigenvalue weighted by Gasteiger charge is 2.23. The van der Waals surface area contributed by atoms with Gasteiger partial charge in [-0.05, 0) is 30.7 Å². The number of halogens is 2. The van der Waals surface area contributed by atoms with Gasteiger partial charge in [0.25, 0.3) is 0 Å². The van der Waals surface area contributed by atoms with E-state index in [2.05, 4.69) is 28.8 Å². The van der Waals surface area contributed by atoms with Crippen molar-refractivity contribution in [1.82, 2.24) is 19.5 Å². The van der Waals surface area contributed by atoms with Crippen molar-refractivity contribution in [3.63, 3.8) is 0 Å². The van der Waals surface area contributed by atoms with E-state index in [1.165, 1.54) is 11.8 Å². The number of thioether (sulfide) groups is 1. The van der Waals surface area contributed by atoms with Gasteiger partial charge in [-0.1, -0.05) is 31.7 Å². The normalized spacial score (nSPS) is 12.1. The average Bonchev–Trinajstić information content (AvgIpc) is 2.92. The maximum absolute atomic E-state index is 13.7. The van der Waals surface area contributed by atoms with Crippen LogP contribution in [0.1, 0.15) is 26.1 Å². The van der Waals surface area contributed by atoms with Crippen LogP contribution in [0.4, 0.5) is 8.78 Å². The monoisotopic (exact) mass is 404 g/mol. The third kappa shape index (κ3) is 5.01. The van der Waals surface area contributed by atoms with E-state index in [1.54, 1.807) is 0 Å². The van der Waals surface area contributed by atoms with Crippen molar-refractivity contribution in [3.05, 3.63) is 35.7 Å². The number of benzene rings is 1. The molecule has 0 saturated heterocycles. The van der Waals surface area contributed by atoms with Crippen LogP contribution in [0, 0.1) is 17.6 Å². The second kappa shape index (κ2) is 8.92. The molecular weight excluding hydrogens is 382 g/mol. The summed E-state index contributed by atoms with van der Waals surface area (Å²) in [5.41, 5.74) is 0. The topological polar surface area (TPSA) is 76.9 Å². The van der Waals surface area contributed by atoms with Gasteiger partial charge in [0.2, 0.25) is 10.0 Å². The number of aryl methyl sites for hydroxylation is 1. The average molecular weight is 405 g/mol. The SMILES string of the molecule is CSc1nnc(CCCNS(=O)(=O)c2c(F)cccc2F)n1CC(C)C. The van der Waals surface area contributed by atoms with Gasteiger partial charge in [-0.25, -0.2) is 21.9 Å². The first-order chi connectivity index (χ1) is 12.3. The molecule has 0 amide bonds. The van der Waals surface area contributed by atoms with Crippen molar-refractivity contribution in [2.24, 2.45) is 5.92 Å². The maximum atomic E-state index is 13.7. The zero-order valence-electron chi connectivity index (χ0n) is 14.9. The molecule has 2 aromatic rings. The second-order valence-electron chi connectivity index (χ2n) is 6.16. The van der Waals surface area contributed by atoms with Crippen molar-refractivity contribution in [3.8, 4) is 0 Å². The Balaban J connectivity index is 2.00. The van der Waals surface area contributed by atoms with Crippen LogP contribution in [-0.2, 0) is 23.0 Å². The molecule has 10 heteroatoms. The highest BCUT2D eigenvalue weighted by molar-refractivity contribution is 7.98. The second-order valence-corrected chi connectivity index (χ2v) is 8.64. The van der Waals surface area contributed by atoms with Gasteiger partial charge in [0, 0.05) is 19.5 Å². The molecule has 6 nitrogen and oxygen atoms in total. The van der Waals surface area contributed by atoms with E-state index in [9.17, 15) is 17.2 Å². The van der Waals surface area contributed by atoms with Crippen LogP contribution >= 0.6 is 11.8 Å². The Morgan fingerprint density at radius 1 is 1.23 bits per heavy atom. The fourth-order valence-corrected chi connectivity index (χ4v) is 4.20. The fourth-order valence-electron chi connectivity index (χ4n) is 2.47. The molecule has 0 unspecified atom stereocenters. The van der Waals surface area contributed by atoms with Crippen molar-refractivity contribution < 1.29 is 17.2 Å². The predicted molar refractivity (Wildman–Crippen MR) is 96.5 cm³/mol. The van der Waals surface area contributed by atoms with Crippen LogP contribution in [-0.4, -0.2) is 36.0 Å². The molecule has 0 fully saturated rings. The molecule has 0 radical (unpaired) electrons. The molecule has 0 bridgehead atoms. The first-order valence-electron chi connectivity index (χ1n) is 8.16. The third-order valence-corrected chi connectivity index (χ3v) is 5.76. The van der Waals surface area contributed by atoms with E-state index < -0.39 is 26.6 Å². The molecule has 26 heavy (non-hydrogen) atoms. The van der Waals surface area contributed by atoms with E-state index in [0.29, 0.717) is 18.8 Å². The standard InChI is InChI=1S/C16H22F2N4O2S2/c1-11(2)10-22-14(20-21-16(22)25-3)8-5-9-19-26(23,24)15-12(17)6-4-7-13(15)18/h4,6-7,11,19H,5,8-10H2,1-3H3. The molecule has 0 aliphatic heterocycles. The summed E-state index contributed by atoms with van der Waals surface area (Å²) < 4.78 is 55.8. The zero-order chi connectivity index (χ0) is 19.3. The number of aromatic nitrogens is 3. The molecular formula is C16H22F2N4O2S2. The Hall–Kier alpha value is -1.52. The molecule has 1 N–H and O–H groups in total. The molecule has 0 aliphatic carbocycles. The van der Waals surface area contributed by atoms with Gasteiger partial charge < -0.3 is 4.57 Å². The van der Waals surface area contributed by atoms with Gasteiger partial charge in [0.05, 0.1) is 0 Å². The van der Waals surface area contributed by atoms with E-state index >= 15 is 0 Å². The van der Waals surface area contributed by atoms with Crippen LogP contribution in [0.5, 0.6) is 0 Å². The molecule has 0 aliphatic rings. The summed E-state index contributed by atoms with van der Waals surface area (Å²) in [7, 11) is -4.25. The number of rotatable bonds is 9. The lowest BCUT2D eigenvalue weighted by atomic mass is 10.2. The minimum absolute atomic E-state index is 0.0409. The zero-order valence-corrected chi connectivity index (χ0v) is 16.5. The highest BCUT2D eigenvalue weighted by atomic mass is 32.2. The van der Waals surface area contributed by atoms with Crippen molar-refractivity contribution >= 4 is 21.8 Å². The summed E-state index contributed by atoms with van der Waals surface area (Å²) in [5, 5.41) is 9.09. The van der Waals surface area contributed by atoms with E-state index in [0.717, 1.165) is 35.7 Å². The van der Waals surface area contributed by atoms with Crippen LogP contribution in [0.25, 0.3) is 0 Å². The Morgan fingerprint density at radius 3 is 2.46 bits per heavy atom. The highest BCUT2D eigenvalue weighted by Crippen LogP contribution is 2.19. The molecule has 0 spiro atoms. The Labute approximate surface area is 156 Å². The molecule has 0 atom stereocenters. The fraction of sp³-hybridized carbons (Fsp3) is 0.500. The quantitative estimate of drug-likeness (QED) is 0.514. The van der Waals surface area contributed by atoms with Gasteiger partial charge in [-0.3, -0.25) is 0 Å². The van der Waals surface area contributed by atoms with Gasteiger partial charge in [-0.15, -0.1) is 10.2 Å². The van der Waals surface area contributed by atoms with Gasteiger partial charge in [0.1, 0.15) is 17.5 Å². The first-order valence-corrected chi connectivity index (χ1v) is 10.9. The summed E-state index contributed by atoms with van der Waals surface area (Å²) in [6.45, 7) is 4.99. The van der Waals surface area contributed by atoms with Gasteiger partial charge >= 0.3 is 0 Å². The summed E-state index contributed by atoms with van der Waals surface area (Å²) in [6.07, 6.45) is 2.85. The molecule has 1 aromatic heterocycles. The molecule has 0 saturated carbocycles. The summed E-state index contributed by atoms with van der Waals surface area (Å²) in [4.78, 5) is -0.951. The number of sulfonamides is 1. The van der Waals surface area contributed by atoms with Crippen LogP contribution in [0.2, 0.25) is 0 Å². The Kier molecular flexibility index (Phi) is 7.13. The lowest BCUT2D eigenvalue weighted by Gasteiger charge is -2.12. The molecule has 144 valence electrons. The molecule has 2 rings (SSSR count). The number of nitrogens with zero attached hydrogens (tertiary/aromatic N) is 3. The van der Waals surface area contributed by atoms with Crippen LogP contribution < -0.4 is 4.72 Å². The lowest BCUT2D eigenvalue weighted by molar-refractivity contribution is 0.477. The van der Waals surface area contributed by atoms with E-state index in [1.807, 2.05) is 10.8 Å². The minimum atomic E-state index is -4.25. The summed E-state index contributed by atoms with van der Waals surface area (Å²) >= 11 is 1.50. The largest absolute Gasteiger partial charge is 0.306 e. The summed E-state index contributed by atoms with van der Waals surface area (Å²) in [6, 6.07) is 2.94. The van der Waals surface area contributed by atoms with E-state index in [-0.39, 0.29) is 6.54 Å². The Morgan fingerprint density at radius 2 is 1.88 bits per heavy atom. The van der Waals surface area contributed by atoms with Crippen LogP contribution in [0.3, 0.4) is 0 Å². The van der Waals surface area contributed by atoms with Crippen molar-refractivity contribution in [1.29, 1.82) is 0 Å². The first kappa shape index (κ1) is 20.8. The van der Waals surface area contributed by atoms with Gasteiger partial charge in [-0.2, -0.15) is 0 Å². The minimum Gasteiger partial charge on any atom is -0.306 e. The van der Waals surface area contributed by atoms with Crippen molar-refractivity contribution in [2.75, 3.05) is 12.8 Å². The third-order valence-electron chi connectivity index (χ3n) is 3.58. The maximum Gasteiger partial charge on any atom is 0.246 e. The van der Waals surface area contributed by atoms with Crippen LogP contribution in [0.15, 0.2) is 28.3 Å². The van der Waals surface area contributed by atoms with Crippen molar-refractivity contribution in [2.45, 2.75) is 43.3 Å². The molecule has 1 heterocycles. The van der Waals surface area contributed by atoms with Gasteiger partial charge in [0.15, 0.2) is 10.1 Å². The number of hydrogen-bond acceptors (Lipinski definition) is 5. The smallest absolute Gasteiger partial charge is 0.246 e. The van der Waals surface area contributed by atoms with E-state index in [4.69, 9.17) is 0 Å². The Bertz CT molecular complexity index is 834. The molecule has 1 aromatic carbocycles.